The third kappa shape index (κ3) is 4.82. The molecule has 0 atom stereocenters. The summed E-state index contributed by atoms with van der Waals surface area (Å²) >= 11 is 0. The maximum atomic E-state index is 13.0. The molecule has 0 bridgehead atoms. The van der Waals surface area contributed by atoms with E-state index >= 15 is 0 Å². The molecule has 0 saturated carbocycles. The van der Waals surface area contributed by atoms with Crippen LogP contribution in [0.1, 0.15) is 21.9 Å². The van der Waals surface area contributed by atoms with Crippen LogP contribution in [0.2, 0.25) is 0 Å². The van der Waals surface area contributed by atoms with Crippen molar-refractivity contribution in [2.24, 2.45) is 0 Å². The number of halogens is 4. The minimum Gasteiger partial charge on any atom is -0.444 e. The second-order valence-corrected chi connectivity index (χ2v) is 6.66. The van der Waals surface area contributed by atoms with Gasteiger partial charge in [-0.3, -0.25) is 4.79 Å². The van der Waals surface area contributed by atoms with Crippen LogP contribution in [0.3, 0.4) is 0 Å². The number of hydrogen-bond acceptors (Lipinski definition) is 6. The molecule has 2 aromatic heterocycles. The van der Waals surface area contributed by atoms with Crippen LogP contribution in [0.25, 0.3) is 22.8 Å². The molecule has 0 saturated heterocycles. The number of alkyl halides is 3. The van der Waals surface area contributed by atoms with Crippen molar-refractivity contribution < 1.29 is 31.3 Å². The van der Waals surface area contributed by atoms with Crippen LogP contribution in [0.5, 0.6) is 0 Å². The largest absolute Gasteiger partial charge is 0.471 e. The van der Waals surface area contributed by atoms with Crippen molar-refractivity contribution in [2.45, 2.75) is 12.6 Å². The van der Waals surface area contributed by atoms with E-state index in [1.165, 1.54) is 42.7 Å². The van der Waals surface area contributed by atoms with E-state index in [0.717, 1.165) is 0 Å². The number of oxazole rings is 1. The maximum absolute atomic E-state index is 13.0. The second-order valence-electron chi connectivity index (χ2n) is 6.66. The molecule has 2 aromatic carbocycles. The van der Waals surface area contributed by atoms with E-state index in [0.29, 0.717) is 23.6 Å². The summed E-state index contributed by atoms with van der Waals surface area (Å²) in [6.07, 6.45) is -2.94. The fourth-order valence-electron chi connectivity index (χ4n) is 2.81. The topological polar surface area (TPSA) is 94.1 Å². The van der Waals surface area contributed by atoms with Crippen LogP contribution in [0.4, 0.5) is 17.6 Å². The first-order valence-corrected chi connectivity index (χ1v) is 9.29. The Kier molecular flexibility index (Phi) is 5.71. The van der Waals surface area contributed by atoms with Crippen LogP contribution in [0, 0.1) is 5.82 Å². The molecule has 11 heteroatoms. The van der Waals surface area contributed by atoms with Crippen molar-refractivity contribution in [3.63, 3.8) is 0 Å². The first-order valence-electron chi connectivity index (χ1n) is 9.29. The van der Waals surface area contributed by atoms with Gasteiger partial charge < -0.3 is 14.3 Å². The highest BCUT2D eigenvalue weighted by molar-refractivity contribution is 5.95. The van der Waals surface area contributed by atoms with E-state index in [1.54, 1.807) is 12.1 Å². The average Bonchev–Trinajstić information content (AvgIpc) is 3.44. The molecule has 32 heavy (non-hydrogen) atoms. The van der Waals surface area contributed by atoms with E-state index < -0.39 is 18.0 Å². The fourth-order valence-corrected chi connectivity index (χ4v) is 2.81. The van der Waals surface area contributed by atoms with Crippen molar-refractivity contribution in [1.82, 2.24) is 20.4 Å². The first-order chi connectivity index (χ1) is 15.3. The van der Waals surface area contributed by atoms with E-state index in [-0.39, 0.29) is 29.3 Å². The van der Waals surface area contributed by atoms with Gasteiger partial charge in [0.15, 0.2) is 0 Å². The monoisotopic (exact) mass is 446 g/mol. The van der Waals surface area contributed by atoms with Gasteiger partial charge in [0, 0.05) is 29.7 Å². The molecule has 164 valence electrons. The van der Waals surface area contributed by atoms with Gasteiger partial charge in [-0.05, 0) is 36.4 Å². The van der Waals surface area contributed by atoms with Crippen LogP contribution in [-0.2, 0) is 12.6 Å². The Morgan fingerprint density at radius 2 is 1.81 bits per heavy atom. The lowest BCUT2D eigenvalue weighted by molar-refractivity contribution is -0.159. The van der Waals surface area contributed by atoms with Gasteiger partial charge in [0.2, 0.25) is 11.7 Å². The number of nitrogens with zero attached hydrogens (tertiary/aromatic N) is 3. The number of hydrogen-bond donors (Lipinski definition) is 1. The number of carbonyl (C=O) groups is 1. The quantitative estimate of drug-likeness (QED) is 0.438. The standard InChI is InChI=1S/C21H14F4N4O3/c22-15-6-4-12(5-7-15)19-27-16(11-31-19)8-9-26-18(30)14-3-1-2-13(10-14)17-28-20(32-29-17)21(23,24)25/h1-7,10-11H,8-9H2,(H,26,30). The number of carbonyl (C=O) groups excluding carboxylic acids is 1. The van der Waals surface area contributed by atoms with Gasteiger partial charge in [-0.1, -0.05) is 17.3 Å². The molecule has 0 unspecified atom stereocenters. The maximum Gasteiger partial charge on any atom is 0.471 e. The molecule has 2 heterocycles. The van der Waals surface area contributed by atoms with E-state index in [1.807, 2.05) is 0 Å². The third-order valence-corrected chi connectivity index (χ3v) is 4.36. The average molecular weight is 446 g/mol. The molecule has 0 fully saturated rings. The van der Waals surface area contributed by atoms with Gasteiger partial charge in [0.1, 0.15) is 12.1 Å². The van der Waals surface area contributed by atoms with Crippen molar-refractivity contribution >= 4 is 5.91 Å². The summed E-state index contributed by atoms with van der Waals surface area (Å²) in [7, 11) is 0. The molecule has 0 aliphatic rings. The molecule has 7 nitrogen and oxygen atoms in total. The summed E-state index contributed by atoms with van der Waals surface area (Å²) in [5, 5.41) is 6.01. The number of amides is 1. The Morgan fingerprint density at radius 3 is 2.53 bits per heavy atom. The van der Waals surface area contributed by atoms with Crippen LogP contribution < -0.4 is 5.32 Å². The molecular weight excluding hydrogens is 432 g/mol. The Hall–Kier alpha value is -4.02. The van der Waals surface area contributed by atoms with Crippen LogP contribution in [-0.4, -0.2) is 27.6 Å². The first kappa shape index (κ1) is 21.2. The summed E-state index contributed by atoms with van der Waals surface area (Å²) in [4.78, 5) is 20.0. The Labute approximate surface area is 178 Å². The smallest absolute Gasteiger partial charge is 0.444 e. The molecular formula is C21H14F4N4O3. The van der Waals surface area contributed by atoms with Crippen molar-refractivity contribution in [1.29, 1.82) is 0 Å². The molecule has 1 amide bonds. The Bertz CT molecular complexity index is 1230. The highest BCUT2D eigenvalue weighted by atomic mass is 19.4. The summed E-state index contributed by atoms with van der Waals surface area (Å²) in [5.74, 6) is -2.21. The van der Waals surface area contributed by atoms with Crippen molar-refractivity contribution in [3.05, 3.63) is 77.8 Å². The predicted molar refractivity (Wildman–Crippen MR) is 103 cm³/mol. The van der Waals surface area contributed by atoms with Crippen LogP contribution in [0.15, 0.2) is 63.7 Å². The lowest BCUT2D eigenvalue weighted by Gasteiger charge is -2.05. The molecule has 0 radical (unpaired) electrons. The molecule has 0 spiro atoms. The fraction of sp³-hybridized carbons (Fsp3) is 0.143. The van der Waals surface area contributed by atoms with E-state index in [4.69, 9.17) is 4.42 Å². The van der Waals surface area contributed by atoms with Crippen molar-refractivity contribution in [2.75, 3.05) is 6.54 Å². The van der Waals surface area contributed by atoms with Gasteiger partial charge in [0.25, 0.3) is 5.91 Å². The summed E-state index contributed by atoms with van der Waals surface area (Å²) in [6.45, 7) is 0.235. The Morgan fingerprint density at radius 1 is 1.03 bits per heavy atom. The highest BCUT2D eigenvalue weighted by Gasteiger charge is 2.38. The summed E-state index contributed by atoms with van der Waals surface area (Å²) < 4.78 is 60.5. The van der Waals surface area contributed by atoms with Crippen molar-refractivity contribution in [3.8, 4) is 22.8 Å². The van der Waals surface area contributed by atoms with Gasteiger partial charge in [0.05, 0.1) is 5.69 Å². The van der Waals surface area contributed by atoms with Gasteiger partial charge >= 0.3 is 12.1 Å². The SMILES string of the molecule is O=C(NCCc1coc(-c2ccc(F)cc2)n1)c1cccc(-c2noc(C(F)(F)F)n2)c1. The summed E-state index contributed by atoms with van der Waals surface area (Å²) in [6, 6.07) is 11.5. The highest BCUT2D eigenvalue weighted by Crippen LogP contribution is 2.29. The second kappa shape index (κ2) is 8.61. The molecule has 0 aliphatic carbocycles. The third-order valence-electron chi connectivity index (χ3n) is 4.36. The van der Waals surface area contributed by atoms with Gasteiger partial charge in [-0.2, -0.15) is 18.2 Å². The lowest BCUT2D eigenvalue weighted by atomic mass is 10.1. The number of benzene rings is 2. The van der Waals surface area contributed by atoms with Crippen LogP contribution >= 0.6 is 0 Å². The zero-order valence-corrected chi connectivity index (χ0v) is 16.2. The van der Waals surface area contributed by atoms with Gasteiger partial charge in [-0.15, -0.1) is 0 Å². The minimum absolute atomic E-state index is 0.206. The lowest BCUT2D eigenvalue weighted by Crippen LogP contribution is -2.25. The minimum atomic E-state index is -4.75. The normalized spacial score (nSPS) is 11.5. The summed E-state index contributed by atoms with van der Waals surface area (Å²) in [5.41, 5.74) is 1.63. The number of rotatable bonds is 6. The van der Waals surface area contributed by atoms with Gasteiger partial charge in [-0.25, -0.2) is 9.37 Å². The zero-order chi connectivity index (χ0) is 22.7. The molecule has 1 N–H and O–H groups in total. The number of nitrogens with one attached hydrogen (secondary N) is 1. The number of aromatic nitrogens is 3. The molecule has 4 rings (SSSR count). The Balaban J connectivity index is 1.36. The molecule has 0 aliphatic heterocycles. The zero-order valence-electron chi connectivity index (χ0n) is 16.2. The predicted octanol–water partition coefficient (Wildman–Crippen LogP) is 4.52. The molecule has 4 aromatic rings. The van der Waals surface area contributed by atoms with E-state index in [2.05, 4.69) is 25.0 Å². The van der Waals surface area contributed by atoms with E-state index in [9.17, 15) is 22.4 Å².